The summed E-state index contributed by atoms with van der Waals surface area (Å²) in [5.74, 6) is 0.499. The molecule has 2 aliphatic rings. The number of rotatable bonds is 7. The molecule has 3 N–H and O–H groups in total. The Kier molecular flexibility index (Phi) is 7.60. The van der Waals surface area contributed by atoms with Gasteiger partial charge < -0.3 is 20.2 Å². The number of hydrogen-bond donors (Lipinski definition) is 3. The first-order valence-corrected chi connectivity index (χ1v) is 14.3. The number of furan rings is 1. The Morgan fingerprint density at radius 2 is 1.92 bits per heavy atom. The maximum Gasteiger partial charge on any atom is 0.269 e. The van der Waals surface area contributed by atoms with Gasteiger partial charge in [0, 0.05) is 13.1 Å². The molecule has 1 aromatic heterocycles. The summed E-state index contributed by atoms with van der Waals surface area (Å²) in [5.41, 5.74) is 1.75. The zero-order valence-corrected chi connectivity index (χ0v) is 22.5. The maximum atomic E-state index is 13.1. The van der Waals surface area contributed by atoms with Crippen LogP contribution < -0.4 is 10.6 Å². The van der Waals surface area contributed by atoms with Gasteiger partial charge in [-0.1, -0.05) is 37.6 Å². The number of nitrogens with zero attached hydrogens (tertiary/aromatic N) is 3. The SMILES string of the molecule is C=C(C)C(NC1=NS(=O)N=C1Nc1ccc(Cl)c(S(=O)(=O)N2CCCC2)c1O)c1cc(C(C)C)co1. The van der Waals surface area contributed by atoms with Gasteiger partial charge in [-0.3, -0.25) is 0 Å². The summed E-state index contributed by atoms with van der Waals surface area (Å²) in [4.78, 5) is -0.390. The van der Waals surface area contributed by atoms with Crippen LogP contribution >= 0.6 is 11.6 Å². The predicted molar refractivity (Wildman–Crippen MR) is 141 cm³/mol. The number of phenolic OH excluding ortho intramolecular Hbond substituents is 1. The Morgan fingerprint density at radius 3 is 2.53 bits per heavy atom. The minimum atomic E-state index is -4.01. The van der Waals surface area contributed by atoms with E-state index in [1.807, 2.05) is 26.8 Å². The smallest absolute Gasteiger partial charge is 0.269 e. The van der Waals surface area contributed by atoms with Crippen molar-refractivity contribution in [3.63, 3.8) is 0 Å². The van der Waals surface area contributed by atoms with E-state index in [1.54, 1.807) is 6.26 Å². The van der Waals surface area contributed by atoms with Gasteiger partial charge in [-0.05, 0) is 49.4 Å². The molecule has 2 atom stereocenters. The Balaban J connectivity index is 1.62. The summed E-state index contributed by atoms with van der Waals surface area (Å²) >= 11 is 4.28. The molecule has 3 heterocycles. The van der Waals surface area contributed by atoms with E-state index < -0.39 is 33.0 Å². The molecule has 0 radical (unpaired) electrons. The summed E-state index contributed by atoms with van der Waals surface area (Å²) in [6.07, 6.45) is 3.15. The summed E-state index contributed by atoms with van der Waals surface area (Å²) in [6, 6.07) is 4.20. The molecular formula is C23H28ClN5O5S2. The molecule has 2 aromatic rings. The Bertz CT molecular complexity index is 1380. The second kappa shape index (κ2) is 10.4. The van der Waals surface area contributed by atoms with Gasteiger partial charge in [-0.2, -0.15) is 4.31 Å². The minimum Gasteiger partial charge on any atom is -0.504 e. The molecule has 0 saturated carbocycles. The van der Waals surface area contributed by atoms with Gasteiger partial charge >= 0.3 is 0 Å². The number of aromatic hydroxyl groups is 1. The highest BCUT2D eigenvalue weighted by atomic mass is 35.5. The molecule has 2 aliphatic heterocycles. The Labute approximate surface area is 217 Å². The summed E-state index contributed by atoms with van der Waals surface area (Å²) < 4.78 is 53.5. The van der Waals surface area contributed by atoms with E-state index in [0.29, 0.717) is 24.4 Å². The Hall–Kier alpha value is -2.67. The molecule has 2 unspecified atom stereocenters. The van der Waals surface area contributed by atoms with Crippen LogP contribution in [0, 0.1) is 0 Å². The standard InChI is InChI=1S/C23H28ClN5O5S2/c1-13(2)15-11-18(34-12-15)19(14(3)4)26-23-22(27-35(31)28-23)25-17-8-7-16(24)21(20(17)30)36(32,33)29-9-5-6-10-29/h7-8,11-13,19,30H,3,5-6,9-10H2,1-2,4H3,(H,25,27)(H,26,28). The Morgan fingerprint density at radius 1 is 1.25 bits per heavy atom. The molecule has 13 heteroatoms. The summed E-state index contributed by atoms with van der Waals surface area (Å²) in [5, 5.41) is 16.8. The number of phenols is 1. The predicted octanol–water partition coefficient (Wildman–Crippen LogP) is 4.25. The van der Waals surface area contributed by atoms with Crippen molar-refractivity contribution in [2.24, 2.45) is 8.80 Å². The quantitative estimate of drug-likeness (QED) is 0.344. The van der Waals surface area contributed by atoms with Crippen LogP contribution in [0.3, 0.4) is 0 Å². The van der Waals surface area contributed by atoms with Crippen LogP contribution in [0.15, 0.2) is 54.7 Å². The topological polar surface area (TPSA) is 137 Å². The lowest BCUT2D eigenvalue weighted by molar-refractivity contribution is 0.445. The second-order valence-electron chi connectivity index (χ2n) is 8.98. The molecule has 0 bridgehead atoms. The molecule has 1 saturated heterocycles. The first-order chi connectivity index (χ1) is 17.0. The van der Waals surface area contributed by atoms with Crippen LogP contribution in [0.25, 0.3) is 0 Å². The number of nitrogens with one attached hydrogen (secondary N) is 2. The largest absolute Gasteiger partial charge is 0.504 e. The van der Waals surface area contributed by atoms with Crippen molar-refractivity contribution in [1.82, 2.24) is 9.62 Å². The molecule has 194 valence electrons. The molecule has 10 nitrogen and oxygen atoms in total. The van der Waals surface area contributed by atoms with Crippen molar-refractivity contribution in [1.29, 1.82) is 0 Å². The summed E-state index contributed by atoms with van der Waals surface area (Å²) in [7, 11) is -4.01. The van der Waals surface area contributed by atoms with Gasteiger partial charge in [0.25, 0.3) is 11.2 Å². The third-order valence-corrected chi connectivity index (χ3v) is 9.01. The average molecular weight is 554 g/mol. The zero-order chi connectivity index (χ0) is 26.2. The lowest BCUT2D eigenvalue weighted by Gasteiger charge is -2.20. The van der Waals surface area contributed by atoms with Gasteiger partial charge in [0.05, 0.1) is 17.0 Å². The van der Waals surface area contributed by atoms with Gasteiger partial charge in [0.15, 0.2) is 17.4 Å². The van der Waals surface area contributed by atoms with Crippen molar-refractivity contribution < 1.29 is 22.2 Å². The fourth-order valence-electron chi connectivity index (χ4n) is 3.91. The number of amidine groups is 2. The number of anilines is 1. The molecule has 1 aromatic carbocycles. The third-order valence-electron chi connectivity index (χ3n) is 5.93. The first kappa shape index (κ1) is 26.4. The van der Waals surface area contributed by atoms with E-state index >= 15 is 0 Å². The molecule has 36 heavy (non-hydrogen) atoms. The summed E-state index contributed by atoms with van der Waals surface area (Å²) in [6.45, 7) is 10.6. The van der Waals surface area contributed by atoms with E-state index in [4.69, 9.17) is 16.0 Å². The number of halogens is 1. The molecule has 1 fully saturated rings. The monoisotopic (exact) mass is 553 g/mol. The zero-order valence-electron chi connectivity index (χ0n) is 20.1. The highest BCUT2D eigenvalue weighted by Gasteiger charge is 2.34. The van der Waals surface area contributed by atoms with Crippen molar-refractivity contribution in [3.05, 3.63) is 53.0 Å². The molecule has 4 rings (SSSR count). The van der Waals surface area contributed by atoms with Crippen molar-refractivity contribution in [2.45, 2.75) is 50.5 Å². The second-order valence-corrected chi connectivity index (χ2v) is 12.1. The normalized spacial score (nSPS) is 19.3. The van der Waals surface area contributed by atoms with Crippen LogP contribution in [0.1, 0.15) is 56.9 Å². The number of benzene rings is 1. The maximum absolute atomic E-state index is 13.1. The highest BCUT2D eigenvalue weighted by molar-refractivity contribution is 7.89. The van der Waals surface area contributed by atoms with Crippen LogP contribution in [0.5, 0.6) is 5.75 Å². The van der Waals surface area contributed by atoms with E-state index in [-0.39, 0.29) is 33.2 Å². The fraction of sp³-hybridized carbons (Fsp3) is 0.391. The first-order valence-electron chi connectivity index (χ1n) is 11.4. The molecule has 0 spiro atoms. The van der Waals surface area contributed by atoms with Gasteiger partial charge in [0.2, 0.25) is 10.0 Å². The van der Waals surface area contributed by atoms with Crippen LogP contribution in [0.2, 0.25) is 5.02 Å². The average Bonchev–Trinajstić information content (AvgIpc) is 3.55. The van der Waals surface area contributed by atoms with E-state index in [9.17, 15) is 17.7 Å². The van der Waals surface area contributed by atoms with Crippen LogP contribution in [-0.4, -0.2) is 46.8 Å². The van der Waals surface area contributed by atoms with E-state index in [0.717, 1.165) is 18.4 Å². The lowest BCUT2D eigenvalue weighted by Crippen LogP contribution is -2.37. The van der Waals surface area contributed by atoms with Crippen LogP contribution in [0.4, 0.5) is 5.69 Å². The third kappa shape index (κ3) is 5.22. The van der Waals surface area contributed by atoms with Crippen molar-refractivity contribution >= 4 is 50.2 Å². The fourth-order valence-corrected chi connectivity index (χ4v) is 6.65. The van der Waals surface area contributed by atoms with Gasteiger partial charge in [-0.25, -0.2) is 12.6 Å². The molecule has 0 aliphatic carbocycles. The van der Waals surface area contributed by atoms with Crippen molar-refractivity contribution in [2.75, 3.05) is 18.4 Å². The molecule has 0 amide bonds. The van der Waals surface area contributed by atoms with E-state index in [1.165, 1.54) is 16.4 Å². The lowest BCUT2D eigenvalue weighted by atomic mass is 10.0. The van der Waals surface area contributed by atoms with E-state index in [2.05, 4.69) is 26.0 Å². The van der Waals surface area contributed by atoms with Crippen molar-refractivity contribution in [3.8, 4) is 5.75 Å². The van der Waals surface area contributed by atoms with Crippen LogP contribution in [-0.2, 0) is 21.2 Å². The highest BCUT2D eigenvalue weighted by Crippen LogP contribution is 2.39. The van der Waals surface area contributed by atoms with Gasteiger partial charge in [-0.15, -0.1) is 8.80 Å². The number of hydrogen-bond acceptors (Lipinski definition) is 7. The molecular weight excluding hydrogens is 526 g/mol. The minimum absolute atomic E-state index is 0.0243. The number of sulfonamides is 1. The van der Waals surface area contributed by atoms with Gasteiger partial charge in [0.1, 0.15) is 16.7 Å².